The van der Waals surface area contributed by atoms with Crippen LogP contribution >= 0.6 is 0 Å². The number of anilines is 2. The van der Waals surface area contributed by atoms with Crippen LogP contribution in [0.2, 0.25) is 0 Å². The quantitative estimate of drug-likeness (QED) is 0.165. The molecule has 2 nitrogen and oxygen atoms in total. The van der Waals surface area contributed by atoms with Crippen LogP contribution in [0.15, 0.2) is 176 Å². The maximum absolute atomic E-state index is 5.46. The molecule has 6 aromatic rings. The van der Waals surface area contributed by atoms with Crippen LogP contribution in [0.4, 0.5) is 11.4 Å². The lowest BCUT2D eigenvalue weighted by atomic mass is 9.95. The summed E-state index contributed by atoms with van der Waals surface area (Å²) in [5.74, 6) is 0.828. The first-order valence-corrected chi connectivity index (χ1v) is 14.5. The van der Waals surface area contributed by atoms with Gasteiger partial charge in [-0.15, -0.1) is 0 Å². The molecule has 0 N–H and O–H groups in total. The molecule has 0 bridgehead atoms. The SMILES string of the molecule is COc1ccc(N(C=C(c2ccccc2)c2ccccc2)c2ccc(C=C(c3ccccc3)c3ccccc3)cc2)cc1. The van der Waals surface area contributed by atoms with Crippen molar-refractivity contribution in [2.24, 2.45) is 0 Å². The highest BCUT2D eigenvalue weighted by Gasteiger charge is 2.13. The number of ether oxygens (including phenoxy) is 1. The maximum atomic E-state index is 5.46. The number of benzene rings is 6. The minimum atomic E-state index is 0.828. The van der Waals surface area contributed by atoms with Gasteiger partial charge in [0.1, 0.15) is 5.75 Å². The molecule has 0 atom stereocenters. The summed E-state index contributed by atoms with van der Waals surface area (Å²) in [6, 6.07) is 59.2. The van der Waals surface area contributed by atoms with E-state index in [0.29, 0.717) is 0 Å². The summed E-state index contributed by atoms with van der Waals surface area (Å²) in [7, 11) is 1.70. The number of rotatable bonds is 9. The van der Waals surface area contributed by atoms with Gasteiger partial charge in [0.15, 0.2) is 0 Å². The van der Waals surface area contributed by atoms with Crippen molar-refractivity contribution in [1.29, 1.82) is 0 Å². The average Bonchev–Trinajstić information content (AvgIpc) is 3.10. The molecule has 0 saturated carbocycles. The molecule has 0 aliphatic heterocycles. The Morgan fingerprint density at radius 3 is 1.21 bits per heavy atom. The lowest BCUT2D eigenvalue weighted by molar-refractivity contribution is 0.415. The number of methoxy groups -OCH3 is 1. The minimum absolute atomic E-state index is 0.828. The molecular formula is C41H33NO. The van der Waals surface area contributed by atoms with E-state index in [1.54, 1.807) is 7.11 Å². The molecule has 0 aliphatic rings. The number of hydrogen-bond donors (Lipinski definition) is 0. The van der Waals surface area contributed by atoms with Gasteiger partial charge < -0.3 is 9.64 Å². The molecule has 0 spiro atoms. The van der Waals surface area contributed by atoms with E-state index in [9.17, 15) is 0 Å². The van der Waals surface area contributed by atoms with Crippen LogP contribution in [0, 0.1) is 0 Å². The van der Waals surface area contributed by atoms with Gasteiger partial charge in [-0.3, -0.25) is 0 Å². The Bertz CT molecular complexity index is 1710. The molecule has 0 amide bonds. The van der Waals surface area contributed by atoms with Gasteiger partial charge in [-0.1, -0.05) is 133 Å². The van der Waals surface area contributed by atoms with E-state index in [1.807, 2.05) is 12.1 Å². The Kier molecular flexibility index (Phi) is 8.57. The van der Waals surface area contributed by atoms with E-state index in [1.165, 1.54) is 16.7 Å². The van der Waals surface area contributed by atoms with Gasteiger partial charge in [-0.25, -0.2) is 0 Å². The monoisotopic (exact) mass is 555 g/mol. The minimum Gasteiger partial charge on any atom is -0.497 e. The lowest BCUT2D eigenvalue weighted by Crippen LogP contribution is -2.10. The first-order valence-electron chi connectivity index (χ1n) is 14.5. The molecule has 0 unspecified atom stereocenters. The summed E-state index contributed by atoms with van der Waals surface area (Å²) in [4.78, 5) is 2.25. The van der Waals surface area contributed by atoms with E-state index in [0.717, 1.165) is 39.4 Å². The van der Waals surface area contributed by atoms with Crippen molar-refractivity contribution >= 4 is 28.6 Å². The van der Waals surface area contributed by atoms with Crippen molar-refractivity contribution in [3.05, 3.63) is 204 Å². The molecular weight excluding hydrogens is 522 g/mol. The highest BCUT2D eigenvalue weighted by atomic mass is 16.5. The third-order valence-corrected chi connectivity index (χ3v) is 7.43. The van der Waals surface area contributed by atoms with E-state index in [2.05, 4.69) is 175 Å². The van der Waals surface area contributed by atoms with Crippen molar-refractivity contribution in [3.63, 3.8) is 0 Å². The average molecular weight is 556 g/mol. The molecule has 6 aromatic carbocycles. The predicted octanol–water partition coefficient (Wildman–Crippen LogP) is 10.5. The first kappa shape index (κ1) is 27.6. The Morgan fingerprint density at radius 1 is 0.442 bits per heavy atom. The van der Waals surface area contributed by atoms with Crippen LogP contribution in [0.5, 0.6) is 5.75 Å². The Balaban J connectivity index is 1.45. The fourth-order valence-electron chi connectivity index (χ4n) is 5.19. The molecule has 2 heteroatoms. The summed E-state index contributed by atoms with van der Waals surface area (Å²) < 4.78 is 5.46. The van der Waals surface area contributed by atoms with Gasteiger partial charge in [-0.05, 0) is 75.9 Å². The smallest absolute Gasteiger partial charge is 0.119 e. The molecule has 0 radical (unpaired) electrons. The summed E-state index contributed by atoms with van der Waals surface area (Å²) in [5, 5.41) is 0. The summed E-state index contributed by atoms with van der Waals surface area (Å²) in [5.41, 5.74) is 10.3. The summed E-state index contributed by atoms with van der Waals surface area (Å²) in [6.45, 7) is 0. The zero-order chi connectivity index (χ0) is 29.3. The van der Waals surface area contributed by atoms with Crippen LogP contribution in [-0.2, 0) is 0 Å². The number of nitrogens with zero attached hydrogens (tertiary/aromatic N) is 1. The van der Waals surface area contributed by atoms with E-state index in [-0.39, 0.29) is 0 Å². The molecule has 0 aliphatic carbocycles. The van der Waals surface area contributed by atoms with Crippen LogP contribution in [0.3, 0.4) is 0 Å². The van der Waals surface area contributed by atoms with Gasteiger partial charge in [-0.2, -0.15) is 0 Å². The fourth-order valence-corrected chi connectivity index (χ4v) is 5.19. The second-order valence-corrected chi connectivity index (χ2v) is 10.2. The zero-order valence-electron chi connectivity index (χ0n) is 24.2. The van der Waals surface area contributed by atoms with Gasteiger partial charge in [0.25, 0.3) is 0 Å². The van der Waals surface area contributed by atoms with Gasteiger partial charge in [0, 0.05) is 23.1 Å². The normalized spacial score (nSPS) is 10.4. The fraction of sp³-hybridized carbons (Fsp3) is 0.0244. The highest BCUT2D eigenvalue weighted by Crippen LogP contribution is 2.33. The van der Waals surface area contributed by atoms with Gasteiger partial charge in [0.05, 0.1) is 7.11 Å². The summed E-state index contributed by atoms with van der Waals surface area (Å²) >= 11 is 0. The Labute approximate surface area is 254 Å². The van der Waals surface area contributed by atoms with E-state index in [4.69, 9.17) is 4.74 Å². The summed E-state index contributed by atoms with van der Waals surface area (Å²) in [6.07, 6.45) is 4.50. The second kappa shape index (κ2) is 13.4. The topological polar surface area (TPSA) is 12.5 Å². The van der Waals surface area contributed by atoms with Crippen molar-refractivity contribution < 1.29 is 4.74 Å². The zero-order valence-corrected chi connectivity index (χ0v) is 24.2. The highest BCUT2D eigenvalue weighted by molar-refractivity contribution is 5.92. The molecule has 208 valence electrons. The molecule has 0 saturated heterocycles. The molecule has 0 fully saturated rings. The van der Waals surface area contributed by atoms with Gasteiger partial charge in [0.2, 0.25) is 0 Å². The molecule has 0 aromatic heterocycles. The Morgan fingerprint density at radius 2 is 0.814 bits per heavy atom. The van der Waals surface area contributed by atoms with Crippen LogP contribution in [0.25, 0.3) is 17.2 Å². The van der Waals surface area contributed by atoms with Crippen molar-refractivity contribution in [3.8, 4) is 5.75 Å². The molecule has 0 heterocycles. The van der Waals surface area contributed by atoms with Crippen LogP contribution in [0.1, 0.15) is 27.8 Å². The van der Waals surface area contributed by atoms with Crippen LogP contribution < -0.4 is 9.64 Å². The lowest BCUT2D eigenvalue weighted by Gasteiger charge is -2.24. The maximum Gasteiger partial charge on any atom is 0.119 e. The van der Waals surface area contributed by atoms with Crippen molar-refractivity contribution in [2.75, 3.05) is 12.0 Å². The van der Waals surface area contributed by atoms with Crippen LogP contribution in [-0.4, -0.2) is 7.11 Å². The third kappa shape index (κ3) is 6.66. The second-order valence-electron chi connectivity index (χ2n) is 10.2. The van der Waals surface area contributed by atoms with Crippen molar-refractivity contribution in [1.82, 2.24) is 0 Å². The largest absolute Gasteiger partial charge is 0.497 e. The van der Waals surface area contributed by atoms with Gasteiger partial charge >= 0.3 is 0 Å². The first-order chi connectivity index (χ1) is 21.3. The molecule has 6 rings (SSSR count). The van der Waals surface area contributed by atoms with Crippen molar-refractivity contribution in [2.45, 2.75) is 0 Å². The Hall–Kier alpha value is -5.60. The van der Waals surface area contributed by atoms with E-state index >= 15 is 0 Å². The number of hydrogen-bond acceptors (Lipinski definition) is 2. The predicted molar refractivity (Wildman–Crippen MR) is 181 cm³/mol. The molecule has 43 heavy (non-hydrogen) atoms. The van der Waals surface area contributed by atoms with E-state index < -0.39 is 0 Å². The standard InChI is InChI=1S/C41H33NO/c1-43-39-28-26-38(27-29-39)42(31-41(35-18-10-4-11-19-35)36-20-12-5-13-21-36)37-24-22-32(23-25-37)30-40(33-14-6-2-7-15-33)34-16-8-3-9-17-34/h2-31H,1H3. The third-order valence-electron chi connectivity index (χ3n) is 7.43.